The molecule has 0 radical (unpaired) electrons. The summed E-state index contributed by atoms with van der Waals surface area (Å²) in [6.07, 6.45) is 8.59. The predicted octanol–water partition coefficient (Wildman–Crippen LogP) is 8.14. The number of hydrogen-bond acceptors (Lipinski definition) is 4. The van der Waals surface area contributed by atoms with Gasteiger partial charge in [-0.1, -0.05) is 65.0 Å². The number of benzene rings is 1. The minimum absolute atomic E-state index is 0.0489. The summed E-state index contributed by atoms with van der Waals surface area (Å²) in [6, 6.07) is 10.4. The lowest BCUT2D eigenvalue weighted by Crippen LogP contribution is -2.69. The molecule has 4 heteroatoms. The van der Waals surface area contributed by atoms with E-state index in [1.807, 2.05) is 6.07 Å². The lowest BCUT2D eigenvalue weighted by molar-refractivity contribution is -0.252. The van der Waals surface area contributed by atoms with Gasteiger partial charge in [-0.25, -0.2) is 0 Å². The number of fused-ring (bicyclic) bond motifs is 5. The topological polar surface area (TPSA) is 55.8 Å². The Hall–Kier alpha value is -1.23. The average molecular weight is 565 g/mol. The summed E-state index contributed by atoms with van der Waals surface area (Å²) in [5, 5.41) is 12.1. The zero-order valence-corrected chi connectivity index (χ0v) is 27.1. The molecule has 4 aliphatic carbocycles. The third-order valence-electron chi connectivity index (χ3n) is 14.0. The molecular weight excluding hydrogens is 508 g/mol. The number of hydrogen-bond donors (Lipinski definition) is 1. The van der Waals surface area contributed by atoms with Gasteiger partial charge >= 0.3 is 0 Å². The van der Waals surface area contributed by atoms with Gasteiger partial charge in [0.05, 0.1) is 30.0 Å². The SMILES string of the molecule is CC1(C)CCC[C@](C)([C@H]2CC[C@]3(C)[C@@H]2[C@H](O)C[C@@H]2[C@@]4(C)CC[C@H](OCc5ccccc5)C(C)(C)[C@@H]4C(=O)C[C@]23C)O1. The quantitative estimate of drug-likeness (QED) is 0.401. The minimum Gasteiger partial charge on any atom is -0.393 e. The van der Waals surface area contributed by atoms with E-state index in [-0.39, 0.29) is 56.9 Å². The van der Waals surface area contributed by atoms with Crippen LogP contribution in [0.1, 0.15) is 119 Å². The molecule has 0 amide bonds. The summed E-state index contributed by atoms with van der Waals surface area (Å²) in [6.45, 7) is 19.2. The van der Waals surface area contributed by atoms with Crippen LogP contribution in [0.4, 0.5) is 0 Å². The number of rotatable bonds is 4. The summed E-state index contributed by atoms with van der Waals surface area (Å²) < 4.78 is 13.5. The number of carbonyl (C=O) groups is 1. The molecule has 6 rings (SSSR count). The summed E-state index contributed by atoms with van der Waals surface area (Å²) >= 11 is 0. The van der Waals surface area contributed by atoms with Crippen LogP contribution < -0.4 is 0 Å². The maximum atomic E-state index is 14.5. The summed E-state index contributed by atoms with van der Waals surface area (Å²) in [5.41, 5.74) is 0.256. The molecule has 1 aromatic rings. The number of carbonyl (C=O) groups excluding carboxylic acids is 1. The zero-order valence-electron chi connectivity index (χ0n) is 27.1. The molecule has 0 aromatic heterocycles. The Bertz CT molecular complexity index is 1160. The van der Waals surface area contributed by atoms with Crippen LogP contribution in [0.2, 0.25) is 0 Å². The highest BCUT2D eigenvalue weighted by atomic mass is 16.5. The molecule has 1 N–H and O–H groups in total. The average Bonchev–Trinajstić information content (AvgIpc) is 3.25. The molecule has 5 fully saturated rings. The molecule has 4 nitrogen and oxygen atoms in total. The second-order valence-electron chi connectivity index (χ2n) is 17.1. The smallest absolute Gasteiger partial charge is 0.137 e. The van der Waals surface area contributed by atoms with Crippen LogP contribution >= 0.6 is 0 Å². The van der Waals surface area contributed by atoms with Crippen molar-refractivity contribution in [1.29, 1.82) is 0 Å². The number of ketones is 1. The second kappa shape index (κ2) is 9.63. The monoisotopic (exact) mass is 564 g/mol. The highest BCUT2D eigenvalue weighted by Crippen LogP contribution is 2.75. The van der Waals surface area contributed by atoms with Crippen LogP contribution in [0.15, 0.2) is 30.3 Å². The highest BCUT2D eigenvalue weighted by molar-refractivity contribution is 5.85. The fourth-order valence-corrected chi connectivity index (χ4v) is 12.2. The third kappa shape index (κ3) is 4.35. The molecule has 41 heavy (non-hydrogen) atoms. The van der Waals surface area contributed by atoms with Crippen molar-refractivity contribution < 1.29 is 19.4 Å². The summed E-state index contributed by atoms with van der Waals surface area (Å²) in [7, 11) is 0. The van der Waals surface area contributed by atoms with E-state index in [0.717, 1.165) is 44.9 Å². The first kappa shape index (κ1) is 29.8. The van der Waals surface area contributed by atoms with Crippen LogP contribution in [0.5, 0.6) is 0 Å². The van der Waals surface area contributed by atoms with Gasteiger partial charge in [-0.05, 0) is 112 Å². The largest absolute Gasteiger partial charge is 0.393 e. The Morgan fingerprint density at radius 2 is 1.61 bits per heavy atom. The molecule has 4 saturated carbocycles. The summed E-state index contributed by atoms with van der Waals surface area (Å²) in [5.74, 6) is 1.21. The van der Waals surface area contributed by atoms with Crippen LogP contribution in [0, 0.1) is 45.3 Å². The van der Waals surface area contributed by atoms with E-state index in [9.17, 15) is 9.90 Å². The fourth-order valence-electron chi connectivity index (χ4n) is 12.2. The van der Waals surface area contributed by atoms with Gasteiger partial charge in [-0.2, -0.15) is 0 Å². The van der Waals surface area contributed by atoms with Crippen molar-refractivity contribution in [2.75, 3.05) is 0 Å². The zero-order chi connectivity index (χ0) is 29.6. The summed E-state index contributed by atoms with van der Waals surface area (Å²) in [4.78, 5) is 14.5. The van der Waals surface area contributed by atoms with Crippen molar-refractivity contribution in [2.24, 2.45) is 45.3 Å². The first-order chi connectivity index (χ1) is 19.1. The normalized spacial score (nSPS) is 48.7. The first-order valence-electron chi connectivity index (χ1n) is 16.6. The van der Waals surface area contributed by atoms with Gasteiger partial charge in [-0.3, -0.25) is 4.79 Å². The van der Waals surface area contributed by atoms with Crippen LogP contribution in [-0.2, 0) is 20.9 Å². The molecule has 1 heterocycles. The lowest BCUT2D eigenvalue weighted by atomic mass is 9.34. The van der Waals surface area contributed by atoms with E-state index in [1.165, 1.54) is 12.0 Å². The Morgan fingerprint density at radius 1 is 0.902 bits per heavy atom. The molecule has 1 aliphatic heterocycles. The minimum atomic E-state index is -0.350. The Labute approximate surface area is 249 Å². The van der Waals surface area contributed by atoms with Crippen molar-refractivity contribution >= 4 is 5.78 Å². The molecule has 5 aliphatic rings. The van der Waals surface area contributed by atoms with Gasteiger partial charge in [0.1, 0.15) is 5.78 Å². The first-order valence-corrected chi connectivity index (χ1v) is 16.6. The lowest BCUT2D eigenvalue weighted by Gasteiger charge is -2.70. The second-order valence-corrected chi connectivity index (χ2v) is 17.1. The number of Topliss-reactive ketones (excluding diaryl/α,β-unsaturated/α-hetero) is 1. The highest BCUT2D eigenvalue weighted by Gasteiger charge is 2.73. The van der Waals surface area contributed by atoms with Crippen LogP contribution in [0.3, 0.4) is 0 Å². The molecule has 0 unspecified atom stereocenters. The number of aliphatic hydroxyl groups excluding tert-OH is 1. The molecule has 10 atom stereocenters. The van der Waals surface area contributed by atoms with Crippen molar-refractivity contribution in [1.82, 2.24) is 0 Å². The van der Waals surface area contributed by atoms with Crippen molar-refractivity contribution in [3.8, 4) is 0 Å². The Morgan fingerprint density at radius 3 is 2.29 bits per heavy atom. The van der Waals surface area contributed by atoms with Gasteiger partial charge in [0.2, 0.25) is 0 Å². The molecule has 1 aromatic carbocycles. The molecule has 228 valence electrons. The molecular formula is C37H56O4. The van der Waals surface area contributed by atoms with Crippen molar-refractivity contribution in [2.45, 2.75) is 143 Å². The van der Waals surface area contributed by atoms with Crippen LogP contribution in [0.25, 0.3) is 0 Å². The maximum absolute atomic E-state index is 14.5. The van der Waals surface area contributed by atoms with E-state index in [2.05, 4.69) is 79.7 Å². The van der Waals surface area contributed by atoms with E-state index < -0.39 is 0 Å². The Balaban J connectivity index is 1.30. The third-order valence-corrected chi connectivity index (χ3v) is 14.0. The van der Waals surface area contributed by atoms with E-state index in [0.29, 0.717) is 30.6 Å². The standard InChI is InChI=1S/C37H56O4/c1-32(2)17-12-18-37(8,41-32)25-15-20-35(6)30(25)26(38)21-28-34(5)19-16-29(40-23-24-13-10-9-11-14-24)33(3,4)31(34)27(39)22-36(28,35)7/h9-11,13-14,25-26,28-31,38H,12,15-23H2,1-8H3/t25-,26+,28+,29-,30-,31-,34+,35+,36+,37+/m0/s1. The Kier molecular flexibility index (Phi) is 7.01. The fraction of sp³-hybridized carbons (Fsp3) is 0.811. The van der Waals surface area contributed by atoms with Crippen LogP contribution in [-0.4, -0.2) is 34.3 Å². The predicted molar refractivity (Wildman–Crippen MR) is 163 cm³/mol. The van der Waals surface area contributed by atoms with Gasteiger partial charge in [0.25, 0.3) is 0 Å². The van der Waals surface area contributed by atoms with Crippen molar-refractivity contribution in [3.05, 3.63) is 35.9 Å². The number of ether oxygens (including phenoxy) is 2. The van der Waals surface area contributed by atoms with E-state index in [1.54, 1.807) is 0 Å². The van der Waals surface area contributed by atoms with Gasteiger partial charge in [0.15, 0.2) is 0 Å². The maximum Gasteiger partial charge on any atom is 0.137 e. The number of aliphatic hydroxyl groups is 1. The van der Waals surface area contributed by atoms with Gasteiger partial charge in [0, 0.05) is 17.8 Å². The van der Waals surface area contributed by atoms with Gasteiger partial charge < -0.3 is 14.6 Å². The molecule has 0 bridgehead atoms. The van der Waals surface area contributed by atoms with E-state index >= 15 is 0 Å². The van der Waals surface area contributed by atoms with E-state index in [4.69, 9.17) is 9.47 Å². The van der Waals surface area contributed by atoms with Gasteiger partial charge in [-0.15, -0.1) is 0 Å². The molecule has 1 saturated heterocycles. The molecule has 0 spiro atoms. The van der Waals surface area contributed by atoms with Crippen molar-refractivity contribution in [3.63, 3.8) is 0 Å².